The van der Waals surface area contributed by atoms with Gasteiger partial charge in [-0.3, -0.25) is 9.59 Å². The van der Waals surface area contributed by atoms with Gasteiger partial charge >= 0.3 is 17.9 Å². The summed E-state index contributed by atoms with van der Waals surface area (Å²) in [6, 6.07) is 0. The number of carbonyl (C=O) groups is 3. The zero-order valence-corrected chi connectivity index (χ0v) is 24.3. The molecule has 3 aliphatic rings. The zero-order chi connectivity index (χ0) is 28.1. The molecule has 3 heterocycles. The van der Waals surface area contributed by atoms with Crippen molar-refractivity contribution in [3.05, 3.63) is 12.2 Å². The minimum atomic E-state index is -0.935. The molecular weight excluding hydrogens is 500 g/mol. The predicted octanol–water partition coefficient (Wildman–Crippen LogP) is 6.48. The molecule has 0 N–H and O–H groups in total. The average Bonchev–Trinajstić information content (AvgIpc) is 2.86. The Hall–Kier alpha value is -1.93. The lowest BCUT2D eigenvalue weighted by atomic mass is 9.87. The fraction of sp³-hybridized carbons (Fsp3) is 0.839. The monoisotopic (exact) mass is 550 g/mol. The molecule has 0 saturated carbocycles. The second-order valence-electron chi connectivity index (χ2n) is 11.6. The van der Waals surface area contributed by atoms with E-state index in [4.69, 9.17) is 23.7 Å². The molecule has 0 aromatic heterocycles. The maximum atomic E-state index is 11.9. The van der Waals surface area contributed by atoms with Crippen molar-refractivity contribution in [2.45, 2.75) is 166 Å². The van der Waals surface area contributed by atoms with Crippen LogP contribution in [0.3, 0.4) is 0 Å². The molecule has 2 fully saturated rings. The molecule has 0 bridgehead atoms. The first-order valence-corrected chi connectivity index (χ1v) is 15.4. The van der Waals surface area contributed by atoms with Gasteiger partial charge in [-0.2, -0.15) is 0 Å². The van der Waals surface area contributed by atoms with E-state index in [-0.39, 0.29) is 42.3 Å². The van der Waals surface area contributed by atoms with Crippen LogP contribution in [-0.4, -0.2) is 54.2 Å². The Labute approximate surface area is 234 Å². The fourth-order valence-electron chi connectivity index (χ4n) is 6.18. The summed E-state index contributed by atoms with van der Waals surface area (Å²) in [6.45, 7) is 5.10. The predicted molar refractivity (Wildman–Crippen MR) is 147 cm³/mol. The normalized spacial score (nSPS) is 28.9. The highest BCUT2D eigenvalue weighted by molar-refractivity contribution is 5.83. The maximum Gasteiger partial charge on any atom is 0.330 e. The van der Waals surface area contributed by atoms with E-state index in [1.54, 1.807) is 6.08 Å². The third kappa shape index (κ3) is 11.2. The first-order valence-electron chi connectivity index (χ1n) is 15.4. The van der Waals surface area contributed by atoms with Crippen molar-refractivity contribution < 1.29 is 38.1 Å². The Morgan fingerprint density at radius 2 is 1.64 bits per heavy atom. The molecule has 0 aromatic carbocycles. The molecule has 0 radical (unpaired) electrons. The Morgan fingerprint density at radius 3 is 2.28 bits per heavy atom. The number of fused-ring (bicyclic) bond motifs is 1. The maximum absolute atomic E-state index is 11.9. The van der Waals surface area contributed by atoms with Crippen LogP contribution in [0.5, 0.6) is 0 Å². The van der Waals surface area contributed by atoms with Crippen molar-refractivity contribution in [3.8, 4) is 0 Å². The topological polar surface area (TPSA) is 97.4 Å². The number of carbonyl (C=O) groups excluding carboxylic acids is 3. The van der Waals surface area contributed by atoms with Crippen LogP contribution < -0.4 is 0 Å². The van der Waals surface area contributed by atoms with Gasteiger partial charge in [-0.15, -0.1) is 0 Å². The molecule has 3 aliphatic heterocycles. The standard InChI is InChI=1S/C31H50O8/c1-4-5-6-7-8-9-10-11-12-13-14-15-25(35-23(2)32)20-26-21-27(36-24(3)33)22-31(38-26)19-18-28-29(39-31)16-17-30(34)37-28/h16-17,25-29H,4-15,18-22H2,1-3H3. The molecule has 6 atom stereocenters. The van der Waals surface area contributed by atoms with Gasteiger partial charge < -0.3 is 23.7 Å². The molecule has 0 amide bonds. The molecule has 222 valence electrons. The summed E-state index contributed by atoms with van der Waals surface area (Å²) in [4.78, 5) is 35.3. The molecule has 39 heavy (non-hydrogen) atoms. The molecule has 6 unspecified atom stereocenters. The van der Waals surface area contributed by atoms with E-state index in [0.717, 1.165) is 19.3 Å². The number of esters is 3. The second kappa shape index (κ2) is 16.4. The van der Waals surface area contributed by atoms with Crippen LogP contribution in [0.25, 0.3) is 0 Å². The van der Waals surface area contributed by atoms with Crippen molar-refractivity contribution >= 4 is 17.9 Å². The van der Waals surface area contributed by atoms with E-state index in [1.807, 2.05) is 0 Å². The highest BCUT2D eigenvalue weighted by Gasteiger charge is 2.50. The third-order valence-electron chi connectivity index (χ3n) is 7.98. The van der Waals surface area contributed by atoms with E-state index in [2.05, 4.69) is 6.92 Å². The van der Waals surface area contributed by atoms with Gasteiger partial charge in [-0.25, -0.2) is 4.79 Å². The van der Waals surface area contributed by atoms with Crippen LogP contribution in [0, 0.1) is 0 Å². The minimum absolute atomic E-state index is 0.258. The largest absolute Gasteiger partial charge is 0.462 e. The molecule has 8 nitrogen and oxygen atoms in total. The number of rotatable bonds is 16. The summed E-state index contributed by atoms with van der Waals surface area (Å²) in [5, 5.41) is 0. The highest BCUT2D eigenvalue weighted by atomic mass is 16.7. The Morgan fingerprint density at radius 1 is 0.974 bits per heavy atom. The van der Waals surface area contributed by atoms with Crippen LogP contribution in [0.4, 0.5) is 0 Å². The summed E-state index contributed by atoms with van der Waals surface area (Å²) in [5.74, 6) is -1.93. The van der Waals surface area contributed by atoms with Gasteiger partial charge in [0.1, 0.15) is 24.4 Å². The van der Waals surface area contributed by atoms with Crippen LogP contribution in [-0.2, 0) is 38.1 Å². The van der Waals surface area contributed by atoms with Gasteiger partial charge in [0, 0.05) is 45.6 Å². The third-order valence-corrected chi connectivity index (χ3v) is 7.98. The second-order valence-corrected chi connectivity index (χ2v) is 11.6. The van der Waals surface area contributed by atoms with E-state index in [0.29, 0.717) is 32.1 Å². The minimum Gasteiger partial charge on any atom is -0.462 e. The van der Waals surface area contributed by atoms with Crippen LogP contribution in [0.15, 0.2) is 12.2 Å². The van der Waals surface area contributed by atoms with Crippen molar-refractivity contribution in [2.75, 3.05) is 0 Å². The van der Waals surface area contributed by atoms with Gasteiger partial charge in [0.05, 0.1) is 6.10 Å². The summed E-state index contributed by atoms with van der Waals surface area (Å²) >= 11 is 0. The molecule has 2 saturated heterocycles. The Kier molecular flexibility index (Phi) is 13.3. The fourth-order valence-corrected chi connectivity index (χ4v) is 6.18. The number of hydrogen-bond donors (Lipinski definition) is 0. The quantitative estimate of drug-likeness (QED) is 0.122. The zero-order valence-electron chi connectivity index (χ0n) is 24.3. The summed E-state index contributed by atoms with van der Waals surface area (Å²) in [7, 11) is 0. The lowest BCUT2D eigenvalue weighted by Gasteiger charge is -2.49. The summed E-state index contributed by atoms with van der Waals surface area (Å²) < 4.78 is 29.6. The van der Waals surface area contributed by atoms with Gasteiger partial charge in [0.2, 0.25) is 0 Å². The Balaban J connectivity index is 1.49. The SMILES string of the molecule is CCCCCCCCCCCCCC(CC1CC(OC(C)=O)CC2(CCC3OC(=O)C=CC3O2)O1)OC(C)=O. The van der Waals surface area contributed by atoms with Gasteiger partial charge in [-0.1, -0.05) is 71.1 Å². The summed E-state index contributed by atoms with van der Waals surface area (Å²) in [6.07, 6.45) is 18.8. The first-order chi connectivity index (χ1) is 18.8. The molecular formula is C31H50O8. The van der Waals surface area contributed by atoms with Crippen molar-refractivity contribution in [3.63, 3.8) is 0 Å². The van der Waals surface area contributed by atoms with Crippen molar-refractivity contribution in [1.82, 2.24) is 0 Å². The number of unbranched alkanes of at least 4 members (excludes halogenated alkanes) is 10. The van der Waals surface area contributed by atoms with E-state index < -0.39 is 11.9 Å². The number of hydrogen-bond acceptors (Lipinski definition) is 8. The van der Waals surface area contributed by atoms with Crippen molar-refractivity contribution in [1.29, 1.82) is 0 Å². The number of ether oxygens (including phenoxy) is 5. The van der Waals surface area contributed by atoms with E-state index >= 15 is 0 Å². The van der Waals surface area contributed by atoms with Crippen molar-refractivity contribution in [2.24, 2.45) is 0 Å². The lowest BCUT2D eigenvalue weighted by Crippen LogP contribution is -2.56. The first kappa shape index (κ1) is 31.6. The molecule has 0 aromatic rings. The average molecular weight is 551 g/mol. The van der Waals surface area contributed by atoms with E-state index in [1.165, 1.54) is 77.7 Å². The molecule has 0 aliphatic carbocycles. The van der Waals surface area contributed by atoms with Crippen LogP contribution in [0.2, 0.25) is 0 Å². The highest BCUT2D eigenvalue weighted by Crippen LogP contribution is 2.43. The van der Waals surface area contributed by atoms with E-state index in [9.17, 15) is 14.4 Å². The molecule has 3 rings (SSSR count). The molecule has 1 spiro atoms. The lowest BCUT2D eigenvalue weighted by molar-refractivity contribution is -0.336. The Bertz CT molecular complexity index is 810. The van der Waals surface area contributed by atoms with Crippen LogP contribution in [0.1, 0.15) is 130 Å². The van der Waals surface area contributed by atoms with Gasteiger partial charge in [-0.05, 0) is 25.3 Å². The molecule has 8 heteroatoms. The summed E-state index contributed by atoms with van der Waals surface area (Å²) in [5.41, 5.74) is 0. The van der Waals surface area contributed by atoms with Gasteiger partial charge in [0.25, 0.3) is 0 Å². The van der Waals surface area contributed by atoms with Gasteiger partial charge in [0.15, 0.2) is 5.79 Å². The smallest absolute Gasteiger partial charge is 0.330 e. The van der Waals surface area contributed by atoms with Crippen LogP contribution >= 0.6 is 0 Å².